The molecule has 0 spiro atoms. The summed E-state index contributed by atoms with van der Waals surface area (Å²) in [6, 6.07) is 0. The van der Waals surface area contributed by atoms with Crippen molar-refractivity contribution in [2.24, 2.45) is 0 Å². The predicted octanol–water partition coefficient (Wildman–Crippen LogP) is -5.45. The maximum Gasteiger partial charge on any atom is 0.224 e. The van der Waals surface area contributed by atoms with Gasteiger partial charge in [0.25, 0.3) is 0 Å². The SMILES string of the molecule is OCCOOC[C@H]1O[C@H](O[C@]2(CO)O[C@H](CO)[C@@H](O)[C@@H]2O)[C@H](O)[C@@H](O)[C@@H]1O. The van der Waals surface area contributed by atoms with Crippen molar-refractivity contribution in [2.75, 3.05) is 33.0 Å². The highest BCUT2D eigenvalue weighted by Gasteiger charge is 2.58. The van der Waals surface area contributed by atoms with Gasteiger partial charge in [-0.05, 0) is 0 Å². The third-order valence-corrected chi connectivity index (χ3v) is 4.38. The van der Waals surface area contributed by atoms with Gasteiger partial charge < -0.3 is 55.1 Å². The molecule has 13 heteroatoms. The fraction of sp³-hybridized carbons (Fsp3) is 1.00. The van der Waals surface area contributed by atoms with Crippen LogP contribution in [0.5, 0.6) is 0 Å². The minimum Gasteiger partial charge on any atom is -0.394 e. The Bertz CT molecular complexity index is 453. The van der Waals surface area contributed by atoms with Crippen LogP contribution in [0, 0.1) is 0 Å². The van der Waals surface area contributed by atoms with Gasteiger partial charge in [-0.15, -0.1) is 0 Å². The second kappa shape index (κ2) is 9.80. The standard InChI is InChI=1S/C14H26O13/c15-1-2-23-24-4-7-8(18)10(20)11(21)13(25-7)27-14(5-17)12(22)9(19)6(3-16)26-14/h6-13,15-22H,1-5H2/t6-,7-,8-,9-,10+,11-,12+,13-,14+/m1/s1. The molecule has 160 valence electrons. The Balaban J connectivity index is 2.08. The third-order valence-electron chi connectivity index (χ3n) is 4.38. The maximum atomic E-state index is 10.1. The molecule has 8 N–H and O–H groups in total. The van der Waals surface area contributed by atoms with Gasteiger partial charge in [-0.25, -0.2) is 9.78 Å². The van der Waals surface area contributed by atoms with Crippen LogP contribution >= 0.6 is 0 Å². The van der Waals surface area contributed by atoms with E-state index >= 15 is 0 Å². The van der Waals surface area contributed by atoms with Crippen molar-refractivity contribution in [3.8, 4) is 0 Å². The van der Waals surface area contributed by atoms with E-state index in [4.69, 9.17) is 29.3 Å². The van der Waals surface area contributed by atoms with E-state index in [0.29, 0.717) is 0 Å². The van der Waals surface area contributed by atoms with E-state index in [1.165, 1.54) is 0 Å². The molecule has 2 aliphatic heterocycles. The predicted molar refractivity (Wildman–Crippen MR) is 80.5 cm³/mol. The van der Waals surface area contributed by atoms with Crippen molar-refractivity contribution in [3.05, 3.63) is 0 Å². The zero-order valence-electron chi connectivity index (χ0n) is 14.3. The molecule has 2 heterocycles. The van der Waals surface area contributed by atoms with Gasteiger partial charge in [-0.3, -0.25) is 0 Å². The Morgan fingerprint density at radius 1 is 0.815 bits per heavy atom. The highest BCUT2D eigenvalue weighted by Crippen LogP contribution is 2.35. The fourth-order valence-corrected chi connectivity index (χ4v) is 2.83. The lowest BCUT2D eigenvalue weighted by Gasteiger charge is -2.43. The van der Waals surface area contributed by atoms with Crippen molar-refractivity contribution < 1.29 is 64.8 Å². The van der Waals surface area contributed by atoms with E-state index in [1.54, 1.807) is 0 Å². The summed E-state index contributed by atoms with van der Waals surface area (Å²) < 4.78 is 15.8. The van der Waals surface area contributed by atoms with E-state index in [9.17, 15) is 30.6 Å². The van der Waals surface area contributed by atoms with Gasteiger partial charge in [0.05, 0.1) is 13.2 Å². The Morgan fingerprint density at radius 3 is 2.07 bits per heavy atom. The first kappa shape index (κ1) is 22.8. The molecule has 0 aliphatic carbocycles. The molecule has 2 fully saturated rings. The van der Waals surface area contributed by atoms with Crippen molar-refractivity contribution in [3.63, 3.8) is 0 Å². The van der Waals surface area contributed by atoms with Crippen LogP contribution in [0.3, 0.4) is 0 Å². The summed E-state index contributed by atoms with van der Waals surface area (Å²) >= 11 is 0. The van der Waals surface area contributed by atoms with Crippen LogP contribution in [0.2, 0.25) is 0 Å². The zero-order valence-corrected chi connectivity index (χ0v) is 14.3. The van der Waals surface area contributed by atoms with Crippen LogP contribution in [0.15, 0.2) is 0 Å². The molecule has 2 saturated heterocycles. The average Bonchev–Trinajstić information content (AvgIpc) is 2.91. The van der Waals surface area contributed by atoms with E-state index in [1.807, 2.05) is 0 Å². The first-order valence-electron chi connectivity index (χ1n) is 8.29. The second-order valence-electron chi connectivity index (χ2n) is 6.21. The lowest BCUT2D eigenvalue weighted by Crippen LogP contribution is -2.62. The molecule has 0 saturated carbocycles. The van der Waals surface area contributed by atoms with Gasteiger partial charge in [0, 0.05) is 0 Å². The Morgan fingerprint density at radius 2 is 1.52 bits per heavy atom. The quantitative estimate of drug-likeness (QED) is 0.103. The molecule has 0 aromatic heterocycles. The first-order chi connectivity index (χ1) is 12.8. The fourth-order valence-electron chi connectivity index (χ4n) is 2.83. The Hall–Kier alpha value is -0.520. The summed E-state index contributed by atoms with van der Waals surface area (Å²) in [5.74, 6) is -2.25. The number of hydrogen-bond donors (Lipinski definition) is 8. The van der Waals surface area contributed by atoms with E-state index in [2.05, 4.69) is 4.89 Å². The van der Waals surface area contributed by atoms with E-state index in [0.717, 1.165) is 0 Å². The molecule has 0 amide bonds. The van der Waals surface area contributed by atoms with Crippen LogP contribution in [0.25, 0.3) is 0 Å². The molecule has 2 aliphatic rings. The van der Waals surface area contributed by atoms with Gasteiger partial charge in [-0.1, -0.05) is 0 Å². The largest absolute Gasteiger partial charge is 0.394 e. The molecule has 27 heavy (non-hydrogen) atoms. The number of hydrogen-bond acceptors (Lipinski definition) is 13. The average molecular weight is 402 g/mol. The minimum atomic E-state index is -2.25. The minimum absolute atomic E-state index is 0.151. The summed E-state index contributed by atoms with van der Waals surface area (Å²) in [5, 5.41) is 77.4. The van der Waals surface area contributed by atoms with Crippen LogP contribution in [0.4, 0.5) is 0 Å². The van der Waals surface area contributed by atoms with Gasteiger partial charge in [0.1, 0.15) is 62.5 Å². The summed E-state index contributed by atoms with van der Waals surface area (Å²) in [6.07, 6.45) is -12.8. The normalized spacial score (nSPS) is 45.3. The van der Waals surface area contributed by atoms with Crippen molar-refractivity contribution in [1.82, 2.24) is 0 Å². The number of rotatable bonds is 9. The lowest BCUT2D eigenvalue weighted by molar-refractivity contribution is -0.395. The van der Waals surface area contributed by atoms with Crippen LogP contribution in [-0.4, -0.2) is 129 Å². The molecule has 0 aromatic rings. The molecule has 9 atom stereocenters. The zero-order chi connectivity index (χ0) is 20.2. The van der Waals surface area contributed by atoms with Crippen molar-refractivity contribution in [2.45, 2.75) is 54.8 Å². The van der Waals surface area contributed by atoms with Crippen LogP contribution in [0.1, 0.15) is 0 Å². The highest BCUT2D eigenvalue weighted by molar-refractivity contribution is 4.98. The topological polar surface area (TPSA) is 208 Å². The summed E-state index contributed by atoms with van der Waals surface area (Å²) in [7, 11) is 0. The molecule has 0 radical (unpaired) electrons. The van der Waals surface area contributed by atoms with E-state index in [-0.39, 0.29) is 13.2 Å². The summed E-state index contributed by atoms with van der Waals surface area (Å²) in [6.45, 7) is -2.54. The number of ether oxygens (including phenoxy) is 3. The molecule has 13 nitrogen and oxygen atoms in total. The van der Waals surface area contributed by atoms with Gasteiger partial charge >= 0.3 is 0 Å². The van der Waals surface area contributed by atoms with Crippen molar-refractivity contribution in [1.29, 1.82) is 0 Å². The Kier molecular flexibility index (Phi) is 8.26. The maximum absolute atomic E-state index is 10.1. The van der Waals surface area contributed by atoms with Gasteiger partial charge in [0.2, 0.25) is 5.79 Å². The molecular weight excluding hydrogens is 376 g/mol. The van der Waals surface area contributed by atoms with Crippen LogP contribution < -0.4 is 0 Å². The Labute approximate surface area is 153 Å². The number of aliphatic hydroxyl groups excluding tert-OH is 8. The van der Waals surface area contributed by atoms with E-state index < -0.39 is 74.6 Å². The summed E-state index contributed by atoms with van der Waals surface area (Å²) in [5.41, 5.74) is 0. The van der Waals surface area contributed by atoms with Crippen molar-refractivity contribution >= 4 is 0 Å². The second-order valence-corrected chi connectivity index (χ2v) is 6.21. The molecule has 2 rings (SSSR count). The smallest absolute Gasteiger partial charge is 0.224 e. The first-order valence-corrected chi connectivity index (χ1v) is 8.29. The molecule has 0 bridgehead atoms. The van der Waals surface area contributed by atoms with Gasteiger partial charge in [0.15, 0.2) is 6.29 Å². The third kappa shape index (κ3) is 4.73. The molecule has 0 unspecified atom stereocenters. The van der Waals surface area contributed by atoms with Gasteiger partial charge in [-0.2, -0.15) is 0 Å². The number of aliphatic hydroxyl groups is 8. The molecule has 0 aromatic carbocycles. The molecular formula is C14H26O13. The monoisotopic (exact) mass is 402 g/mol. The lowest BCUT2D eigenvalue weighted by atomic mass is 9.99. The van der Waals surface area contributed by atoms with Crippen LogP contribution in [-0.2, 0) is 24.0 Å². The summed E-state index contributed by atoms with van der Waals surface area (Å²) in [4.78, 5) is 9.29. The highest BCUT2D eigenvalue weighted by atomic mass is 17.2.